The minimum atomic E-state index is -5.07. The maximum Gasteiger partial charge on any atom is 0.573 e. The number of nitrogens with zero attached hydrogens (tertiary/aromatic N) is 3. The number of hydrogen-bond acceptors (Lipinski definition) is 4. The van der Waals surface area contributed by atoms with Crippen LogP contribution in [0, 0.1) is 11.6 Å². The van der Waals surface area contributed by atoms with E-state index >= 15 is 0 Å². The zero-order valence-electron chi connectivity index (χ0n) is 16.2. The van der Waals surface area contributed by atoms with Crippen molar-refractivity contribution in [3.05, 3.63) is 95.7 Å². The first kappa shape index (κ1) is 21.4. The van der Waals surface area contributed by atoms with Gasteiger partial charge < -0.3 is 9.14 Å². The molecule has 4 rings (SSSR count). The van der Waals surface area contributed by atoms with Gasteiger partial charge in [-0.15, -0.1) is 13.2 Å². The maximum absolute atomic E-state index is 14.5. The summed E-state index contributed by atoms with van der Waals surface area (Å²) < 4.78 is 71.4. The summed E-state index contributed by atoms with van der Waals surface area (Å²) in [4.78, 5) is 21.0. The largest absolute Gasteiger partial charge is 0.573 e. The fraction of sp³-hybridized carbons (Fsp3) is 0.136. The number of rotatable bonds is 6. The molecule has 164 valence electrons. The molecule has 10 heteroatoms. The predicted molar refractivity (Wildman–Crippen MR) is 103 cm³/mol. The number of Topliss-reactive ketones (excluding diaryl/α,β-unsaturated/α-hetero) is 1. The van der Waals surface area contributed by atoms with Crippen LogP contribution in [0.5, 0.6) is 5.75 Å². The number of pyridine rings is 2. The van der Waals surface area contributed by atoms with E-state index in [0.29, 0.717) is 11.2 Å². The number of carbonyl (C=O) groups excluding carboxylic acids is 1. The Balaban J connectivity index is 1.70. The van der Waals surface area contributed by atoms with Crippen LogP contribution in [-0.2, 0) is 0 Å². The number of aromatic nitrogens is 3. The summed E-state index contributed by atoms with van der Waals surface area (Å²) in [6.07, 6.45) is 0.700. The third kappa shape index (κ3) is 4.58. The molecule has 0 N–H and O–H groups in total. The van der Waals surface area contributed by atoms with Crippen LogP contribution < -0.4 is 4.74 Å². The Bertz CT molecular complexity index is 1290. The quantitative estimate of drug-likeness (QED) is 0.297. The first-order chi connectivity index (χ1) is 15.2. The number of benzene rings is 1. The monoisotopic (exact) mass is 447 g/mol. The van der Waals surface area contributed by atoms with Crippen LogP contribution in [0.1, 0.15) is 34.0 Å². The molecule has 0 aliphatic rings. The van der Waals surface area contributed by atoms with Crippen molar-refractivity contribution in [2.75, 3.05) is 0 Å². The summed E-state index contributed by atoms with van der Waals surface area (Å²) in [5.41, 5.74) is 0.866. The van der Waals surface area contributed by atoms with E-state index in [-0.39, 0.29) is 17.7 Å². The van der Waals surface area contributed by atoms with Crippen molar-refractivity contribution in [3.63, 3.8) is 0 Å². The zero-order chi connectivity index (χ0) is 22.9. The molecular weight excluding hydrogens is 433 g/mol. The lowest BCUT2D eigenvalue weighted by Crippen LogP contribution is -2.18. The molecule has 0 fully saturated rings. The van der Waals surface area contributed by atoms with Gasteiger partial charge in [0.15, 0.2) is 17.3 Å². The van der Waals surface area contributed by atoms with Crippen LogP contribution in [0.25, 0.3) is 5.65 Å². The van der Waals surface area contributed by atoms with Gasteiger partial charge in [0.2, 0.25) is 0 Å². The van der Waals surface area contributed by atoms with Crippen LogP contribution in [-0.4, -0.2) is 26.5 Å². The second kappa shape index (κ2) is 8.37. The summed E-state index contributed by atoms with van der Waals surface area (Å²) in [5.74, 6) is -4.50. The Morgan fingerprint density at radius 1 is 1.03 bits per heavy atom. The van der Waals surface area contributed by atoms with Crippen molar-refractivity contribution < 1.29 is 31.5 Å². The molecule has 0 aliphatic heterocycles. The highest BCUT2D eigenvalue weighted by atomic mass is 19.4. The lowest BCUT2D eigenvalue weighted by Gasteiger charge is -2.18. The number of fused-ring (bicyclic) bond motifs is 1. The van der Waals surface area contributed by atoms with E-state index < -0.39 is 35.4 Å². The molecule has 0 radical (unpaired) electrons. The van der Waals surface area contributed by atoms with Gasteiger partial charge in [-0.25, -0.2) is 13.8 Å². The highest BCUT2D eigenvalue weighted by molar-refractivity contribution is 5.96. The predicted octanol–water partition coefficient (Wildman–Crippen LogP) is 5.31. The molecule has 0 unspecified atom stereocenters. The van der Waals surface area contributed by atoms with Crippen molar-refractivity contribution in [1.82, 2.24) is 14.4 Å². The Morgan fingerprint density at radius 3 is 2.56 bits per heavy atom. The molecule has 0 amide bonds. The van der Waals surface area contributed by atoms with Gasteiger partial charge in [-0.1, -0.05) is 6.07 Å². The van der Waals surface area contributed by atoms with Gasteiger partial charge in [0.05, 0.1) is 5.69 Å². The summed E-state index contributed by atoms with van der Waals surface area (Å²) in [6.45, 7) is 0. The van der Waals surface area contributed by atoms with E-state index in [1.54, 1.807) is 35.1 Å². The Morgan fingerprint density at radius 2 is 1.84 bits per heavy atom. The average molecular weight is 447 g/mol. The molecule has 4 aromatic rings. The second-order valence-corrected chi connectivity index (χ2v) is 6.90. The number of carbonyl (C=O) groups is 1. The number of hydrogen-bond donors (Lipinski definition) is 0. The minimum Gasteiger partial charge on any atom is -0.403 e. The molecule has 3 aromatic heterocycles. The summed E-state index contributed by atoms with van der Waals surface area (Å²) in [5, 5.41) is 0. The Hall–Kier alpha value is -3.82. The van der Waals surface area contributed by atoms with Crippen molar-refractivity contribution >= 4 is 11.4 Å². The van der Waals surface area contributed by atoms with Gasteiger partial charge in [-0.3, -0.25) is 9.78 Å². The Labute approximate surface area is 178 Å². The fourth-order valence-corrected chi connectivity index (χ4v) is 3.36. The Kier molecular flexibility index (Phi) is 5.60. The molecule has 3 heterocycles. The molecule has 0 aliphatic carbocycles. The standard InChI is InChI=1S/C22H14F5N3O2/c23-16-2-1-7-29-21(16)15(13-3-5-19(17(24)10-13)32-22(25,26)27)11-18(31)14-4-6-20-28-8-9-30(20)12-14/h1-10,12,15H,11H2/t15-/m0/s1. The van der Waals surface area contributed by atoms with E-state index in [0.717, 1.165) is 24.3 Å². The maximum atomic E-state index is 14.5. The van der Waals surface area contributed by atoms with E-state index in [1.807, 2.05) is 0 Å². The van der Waals surface area contributed by atoms with Gasteiger partial charge >= 0.3 is 6.36 Å². The van der Waals surface area contributed by atoms with Gasteiger partial charge in [0, 0.05) is 42.7 Å². The lowest BCUT2D eigenvalue weighted by molar-refractivity contribution is -0.275. The molecule has 0 saturated carbocycles. The molecule has 0 bridgehead atoms. The van der Waals surface area contributed by atoms with E-state index in [1.165, 1.54) is 12.3 Å². The van der Waals surface area contributed by atoms with Gasteiger partial charge in [-0.2, -0.15) is 0 Å². The van der Waals surface area contributed by atoms with Gasteiger partial charge in [0.1, 0.15) is 11.5 Å². The molecule has 1 atom stereocenters. The molecular formula is C22H14F5N3O2. The third-order valence-corrected chi connectivity index (χ3v) is 4.80. The van der Waals surface area contributed by atoms with Crippen LogP contribution >= 0.6 is 0 Å². The highest BCUT2D eigenvalue weighted by Crippen LogP contribution is 2.33. The van der Waals surface area contributed by atoms with Crippen LogP contribution in [0.15, 0.2) is 67.3 Å². The fourth-order valence-electron chi connectivity index (χ4n) is 3.36. The lowest BCUT2D eigenvalue weighted by atomic mass is 9.88. The smallest absolute Gasteiger partial charge is 0.403 e. The number of imidazole rings is 1. The first-order valence-corrected chi connectivity index (χ1v) is 9.33. The normalized spacial score (nSPS) is 12.7. The van der Waals surface area contributed by atoms with Crippen molar-refractivity contribution in [2.24, 2.45) is 0 Å². The topological polar surface area (TPSA) is 56.5 Å². The van der Waals surface area contributed by atoms with E-state index in [2.05, 4.69) is 14.7 Å². The molecule has 1 aromatic carbocycles. The number of ether oxygens (including phenoxy) is 1. The van der Waals surface area contributed by atoms with Gasteiger partial charge in [-0.05, 0) is 42.0 Å². The minimum absolute atomic E-state index is 0.0756. The molecule has 5 nitrogen and oxygen atoms in total. The van der Waals surface area contributed by atoms with Gasteiger partial charge in [0.25, 0.3) is 0 Å². The average Bonchev–Trinajstić information content (AvgIpc) is 3.21. The van der Waals surface area contributed by atoms with Crippen LogP contribution in [0.3, 0.4) is 0 Å². The van der Waals surface area contributed by atoms with E-state index in [9.17, 15) is 26.7 Å². The number of ketones is 1. The highest BCUT2D eigenvalue weighted by Gasteiger charge is 2.33. The SMILES string of the molecule is O=C(C[C@@H](c1ccc(OC(F)(F)F)c(F)c1)c1ncccc1F)c1ccc2nccn2c1. The molecule has 0 spiro atoms. The number of alkyl halides is 3. The zero-order valence-corrected chi connectivity index (χ0v) is 16.2. The second-order valence-electron chi connectivity index (χ2n) is 6.90. The van der Waals surface area contributed by atoms with Crippen LogP contribution in [0.4, 0.5) is 22.0 Å². The summed E-state index contributed by atoms with van der Waals surface area (Å²) in [6, 6.07) is 8.39. The van der Waals surface area contributed by atoms with E-state index in [4.69, 9.17) is 0 Å². The third-order valence-electron chi connectivity index (χ3n) is 4.80. The summed E-state index contributed by atoms with van der Waals surface area (Å²) >= 11 is 0. The number of halogens is 5. The summed E-state index contributed by atoms with van der Waals surface area (Å²) in [7, 11) is 0. The first-order valence-electron chi connectivity index (χ1n) is 9.33. The van der Waals surface area contributed by atoms with Crippen molar-refractivity contribution in [1.29, 1.82) is 0 Å². The molecule has 32 heavy (non-hydrogen) atoms. The molecule has 0 saturated heterocycles. The van der Waals surface area contributed by atoms with Crippen LogP contribution in [0.2, 0.25) is 0 Å². The van der Waals surface area contributed by atoms with Crippen molar-refractivity contribution in [3.8, 4) is 5.75 Å². The van der Waals surface area contributed by atoms with Crippen molar-refractivity contribution in [2.45, 2.75) is 18.7 Å².